The second-order valence-corrected chi connectivity index (χ2v) is 2.88. The molecule has 0 aliphatic carbocycles. The van der Waals surface area contributed by atoms with E-state index in [-0.39, 0.29) is 0 Å². The van der Waals surface area contributed by atoms with Crippen LogP contribution >= 0.6 is 0 Å². The van der Waals surface area contributed by atoms with E-state index in [1.54, 1.807) is 0 Å². The zero-order valence-electron chi connectivity index (χ0n) is 7.47. The molecule has 0 fully saturated rings. The molecule has 16 heavy (non-hydrogen) atoms. The molecule has 0 bridgehead atoms. The van der Waals surface area contributed by atoms with Crippen molar-refractivity contribution in [2.24, 2.45) is 0 Å². The van der Waals surface area contributed by atoms with Crippen LogP contribution < -0.4 is 0 Å². The number of hydrogen-bond acceptors (Lipinski definition) is 4. The minimum absolute atomic E-state index is 0.431. The fourth-order valence-corrected chi connectivity index (χ4v) is 1.27. The number of nitrogens with zero attached hydrogens (tertiary/aromatic N) is 4. The van der Waals surface area contributed by atoms with Crippen molar-refractivity contribution < 1.29 is 18.1 Å². The molecule has 0 aromatic carbocycles. The number of hydrogen-bond donors (Lipinski definition) is 0. The molecule has 0 atom stereocenters. The molecule has 0 saturated heterocycles. The Hall–Kier alpha value is -2.19. The molecule has 0 unspecified atom stereocenters. The lowest BCUT2D eigenvalue weighted by atomic mass is 10.3. The summed E-state index contributed by atoms with van der Waals surface area (Å²) in [5, 5.41) is 17.0. The van der Waals surface area contributed by atoms with E-state index in [1.165, 1.54) is 0 Å². The van der Waals surface area contributed by atoms with Gasteiger partial charge >= 0.3 is 11.9 Å². The molecule has 0 aliphatic rings. The van der Waals surface area contributed by atoms with E-state index in [1.807, 2.05) is 0 Å². The first-order valence-corrected chi connectivity index (χ1v) is 3.95. The second-order valence-electron chi connectivity index (χ2n) is 2.88. The summed E-state index contributed by atoms with van der Waals surface area (Å²) in [7, 11) is 0. The Morgan fingerprint density at radius 3 is 2.62 bits per heavy atom. The van der Waals surface area contributed by atoms with Gasteiger partial charge in [0.25, 0.3) is 0 Å². The number of fused-ring (bicyclic) bond motifs is 1. The van der Waals surface area contributed by atoms with Crippen molar-refractivity contribution in [3.05, 3.63) is 34.3 Å². The van der Waals surface area contributed by atoms with Crippen molar-refractivity contribution in [1.29, 1.82) is 0 Å². The third-order valence-electron chi connectivity index (χ3n) is 1.92. The fourth-order valence-electron chi connectivity index (χ4n) is 1.27. The third kappa shape index (κ3) is 1.45. The number of alkyl halides is 3. The van der Waals surface area contributed by atoms with Gasteiger partial charge in [-0.15, -0.1) is 10.2 Å². The Labute approximate surface area is 85.5 Å². The summed E-state index contributed by atoms with van der Waals surface area (Å²) in [5.41, 5.74) is -2.01. The van der Waals surface area contributed by atoms with Gasteiger partial charge in [-0.25, -0.2) is 0 Å². The van der Waals surface area contributed by atoms with Crippen LogP contribution in [0.15, 0.2) is 18.5 Å². The fraction of sp³-hybridized carbons (Fsp3) is 0.143. The maximum atomic E-state index is 12.5. The first-order chi connectivity index (χ1) is 7.41. The smallest absolute Gasteiger partial charge is 0.271 e. The highest BCUT2D eigenvalue weighted by molar-refractivity contribution is 5.59. The zero-order chi connectivity index (χ0) is 11.9. The molecule has 0 N–H and O–H groups in total. The highest BCUT2D eigenvalue weighted by Gasteiger charge is 2.35. The minimum Gasteiger partial charge on any atom is -0.271 e. The normalized spacial score (nSPS) is 11.9. The van der Waals surface area contributed by atoms with Crippen LogP contribution in [0.2, 0.25) is 0 Å². The zero-order valence-corrected chi connectivity index (χ0v) is 7.47. The topological polar surface area (TPSA) is 73.3 Å². The van der Waals surface area contributed by atoms with E-state index in [2.05, 4.69) is 10.2 Å². The molecule has 9 heteroatoms. The molecule has 0 saturated carbocycles. The third-order valence-corrected chi connectivity index (χ3v) is 1.92. The molecule has 84 valence electrons. The summed E-state index contributed by atoms with van der Waals surface area (Å²) in [4.78, 5) is 9.70. The van der Waals surface area contributed by atoms with E-state index in [0.29, 0.717) is 10.5 Å². The Morgan fingerprint density at radius 1 is 1.38 bits per heavy atom. The SMILES string of the molecule is O=[N+]([O-])c1ccc(C(F)(F)F)n2cnnc12. The lowest BCUT2D eigenvalue weighted by molar-refractivity contribution is -0.383. The van der Waals surface area contributed by atoms with Crippen LogP contribution in [0.25, 0.3) is 5.65 Å². The molecular formula is C7H3F3N4O2. The van der Waals surface area contributed by atoms with Gasteiger partial charge in [-0.1, -0.05) is 0 Å². The van der Waals surface area contributed by atoms with Crippen LogP contribution in [-0.4, -0.2) is 19.5 Å². The van der Waals surface area contributed by atoms with E-state index >= 15 is 0 Å². The van der Waals surface area contributed by atoms with Gasteiger partial charge in [-0.2, -0.15) is 13.2 Å². The number of rotatable bonds is 1. The van der Waals surface area contributed by atoms with Gasteiger partial charge in [0.15, 0.2) is 0 Å². The Morgan fingerprint density at radius 2 is 2.06 bits per heavy atom. The molecule has 2 heterocycles. The van der Waals surface area contributed by atoms with Gasteiger partial charge in [0.2, 0.25) is 5.65 Å². The largest absolute Gasteiger partial charge is 0.431 e. The maximum Gasteiger partial charge on any atom is 0.431 e. The average Bonchev–Trinajstić information content (AvgIpc) is 2.61. The van der Waals surface area contributed by atoms with Gasteiger partial charge in [0.1, 0.15) is 12.0 Å². The lowest BCUT2D eigenvalue weighted by Gasteiger charge is -2.08. The second kappa shape index (κ2) is 3.15. The summed E-state index contributed by atoms with van der Waals surface area (Å²) in [6, 6.07) is 1.38. The minimum atomic E-state index is -4.62. The van der Waals surface area contributed by atoms with E-state index in [4.69, 9.17) is 0 Å². The molecule has 2 rings (SSSR count). The van der Waals surface area contributed by atoms with Crippen LogP contribution in [0.3, 0.4) is 0 Å². The first-order valence-electron chi connectivity index (χ1n) is 3.95. The van der Waals surface area contributed by atoms with Crippen LogP contribution in [0, 0.1) is 10.1 Å². The Kier molecular flexibility index (Phi) is 2.04. The predicted octanol–water partition coefficient (Wildman–Crippen LogP) is 1.66. The molecule has 2 aromatic heterocycles. The van der Waals surface area contributed by atoms with Crippen LogP contribution in [0.1, 0.15) is 5.69 Å². The molecule has 0 aliphatic heterocycles. The van der Waals surface area contributed by atoms with Crippen molar-refractivity contribution in [3.8, 4) is 0 Å². The molecule has 2 aromatic rings. The van der Waals surface area contributed by atoms with Gasteiger partial charge in [0, 0.05) is 6.07 Å². The number of aromatic nitrogens is 3. The first kappa shape index (κ1) is 10.3. The van der Waals surface area contributed by atoms with Crippen molar-refractivity contribution in [3.63, 3.8) is 0 Å². The molecule has 6 nitrogen and oxygen atoms in total. The van der Waals surface area contributed by atoms with Crippen molar-refractivity contribution in [2.45, 2.75) is 6.18 Å². The van der Waals surface area contributed by atoms with Gasteiger partial charge in [0.05, 0.1) is 4.92 Å². The quantitative estimate of drug-likeness (QED) is 0.553. The lowest BCUT2D eigenvalue weighted by Crippen LogP contribution is -2.11. The summed E-state index contributed by atoms with van der Waals surface area (Å²) in [6.45, 7) is 0. The summed E-state index contributed by atoms with van der Waals surface area (Å²) >= 11 is 0. The van der Waals surface area contributed by atoms with Gasteiger partial charge in [-0.05, 0) is 6.07 Å². The number of halogens is 3. The van der Waals surface area contributed by atoms with E-state index < -0.39 is 28.1 Å². The van der Waals surface area contributed by atoms with Gasteiger partial charge < -0.3 is 0 Å². The molecule has 0 amide bonds. The summed E-state index contributed by atoms with van der Waals surface area (Å²) in [5.74, 6) is 0. The van der Waals surface area contributed by atoms with Crippen LogP contribution in [0.5, 0.6) is 0 Å². The van der Waals surface area contributed by atoms with E-state index in [9.17, 15) is 23.3 Å². The molecular weight excluding hydrogens is 229 g/mol. The van der Waals surface area contributed by atoms with Crippen molar-refractivity contribution in [1.82, 2.24) is 14.6 Å². The van der Waals surface area contributed by atoms with Crippen LogP contribution in [-0.2, 0) is 6.18 Å². The maximum absolute atomic E-state index is 12.5. The highest BCUT2D eigenvalue weighted by atomic mass is 19.4. The summed E-state index contributed by atoms with van der Waals surface area (Å²) in [6.07, 6.45) is -3.83. The average molecular weight is 232 g/mol. The Balaban J connectivity index is 2.79. The highest BCUT2D eigenvalue weighted by Crippen LogP contribution is 2.31. The van der Waals surface area contributed by atoms with Crippen molar-refractivity contribution >= 4 is 11.3 Å². The summed E-state index contributed by atoms with van der Waals surface area (Å²) < 4.78 is 38.0. The van der Waals surface area contributed by atoms with Crippen molar-refractivity contribution in [2.75, 3.05) is 0 Å². The van der Waals surface area contributed by atoms with Gasteiger partial charge in [-0.3, -0.25) is 14.5 Å². The van der Waals surface area contributed by atoms with E-state index in [0.717, 1.165) is 12.4 Å². The predicted molar refractivity (Wildman–Crippen MR) is 44.6 cm³/mol. The molecule has 0 spiro atoms. The monoisotopic (exact) mass is 232 g/mol. The number of pyridine rings is 1. The standard InChI is InChI=1S/C7H3F3N4O2/c8-7(9,10)5-2-1-4(14(15)16)6-12-11-3-13(5)6/h1-3H. The molecule has 0 radical (unpaired) electrons. The Bertz CT molecular complexity index is 562. The number of nitro groups is 1. The van der Waals surface area contributed by atoms with Crippen LogP contribution in [0.4, 0.5) is 18.9 Å².